The summed E-state index contributed by atoms with van der Waals surface area (Å²) >= 11 is 0. The zero-order chi connectivity index (χ0) is 13.2. The lowest BCUT2D eigenvalue weighted by Gasteiger charge is -2.33. The third-order valence-corrected chi connectivity index (χ3v) is 4.27. The van der Waals surface area contributed by atoms with E-state index < -0.39 is 0 Å². The Hall–Kier alpha value is -0.0800. The fourth-order valence-corrected chi connectivity index (χ4v) is 2.84. The molecule has 2 atom stereocenters. The molecule has 0 radical (unpaired) electrons. The number of rotatable bonds is 9. The van der Waals surface area contributed by atoms with E-state index in [1.807, 2.05) is 0 Å². The van der Waals surface area contributed by atoms with Gasteiger partial charge < -0.3 is 5.32 Å². The molecule has 1 N–H and O–H groups in total. The van der Waals surface area contributed by atoms with Crippen molar-refractivity contribution in [2.45, 2.75) is 84.2 Å². The quantitative estimate of drug-likeness (QED) is 0.629. The molecule has 2 nitrogen and oxygen atoms in total. The van der Waals surface area contributed by atoms with Crippen LogP contribution < -0.4 is 5.32 Å². The van der Waals surface area contributed by atoms with E-state index >= 15 is 0 Å². The molecule has 1 heterocycles. The minimum absolute atomic E-state index is 0.689. The number of nitrogens with zero attached hydrogens (tertiary/aromatic N) is 1. The highest BCUT2D eigenvalue weighted by Crippen LogP contribution is 2.12. The van der Waals surface area contributed by atoms with Crippen molar-refractivity contribution in [3.05, 3.63) is 0 Å². The van der Waals surface area contributed by atoms with E-state index in [-0.39, 0.29) is 0 Å². The van der Waals surface area contributed by atoms with Crippen LogP contribution in [0.25, 0.3) is 0 Å². The summed E-state index contributed by atoms with van der Waals surface area (Å²) in [6.45, 7) is 10.8. The molecule has 0 aromatic carbocycles. The van der Waals surface area contributed by atoms with E-state index in [0.29, 0.717) is 12.1 Å². The Kier molecular flexibility index (Phi) is 8.70. The summed E-state index contributed by atoms with van der Waals surface area (Å²) in [7, 11) is 0. The van der Waals surface area contributed by atoms with Gasteiger partial charge in [0.25, 0.3) is 0 Å². The second kappa shape index (κ2) is 9.80. The van der Waals surface area contributed by atoms with Crippen LogP contribution in [0.4, 0.5) is 0 Å². The van der Waals surface area contributed by atoms with Crippen LogP contribution in [-0.4, -0.2) is 36.6 Å². The van der Waals surface area contributed by atoms with Gasteiger partial charge >= 0.3 is 0 Å². The Morgan fingerprint density at radius 3 is 2.39 bits per heavy atom. The van der Waals surface area contributed by atoms with E-state index in [1.165, 1.54) is 64.5 Å². The first-order valence-corrected chi connectivity index (χ1v) is 8.21. The van der Waals surface area contributed by atoms with Crippen LogP contribution >= 0.6 is 0 Å². The van der Waals surface area contributed by atoms with Gasteiger partial charge in [-0.3, -0.25) is 4.90 Å². The predicted octanol–water partition coefficient (Wildman–Crippen LogP) is 3.81. The number of nitrogens with one attached hydrogen (secondary N) is 1. The van der Waals surface area contributed by atoms with Crippen LogP contribution in [-0.2, 0) is 0 Å². The van der Waals surface area contributed by atoms with Gasteiger partial charge in [-0.05, 0) is 46.2 Å². The molecule has 1 aliphatic rings. The molecule has 0 aromatic rings. The third-order valence-electron chi connectivity index (χ3n) is 4.27. The number of likely N-dealkylation sites (tertiary alicyclic amines) is 1. The Bertz CT molecular complexity index is 188. The lowest BCUT2D eigenvalue weighted by molar-refractivity contribution is 0.168. The van der Waals surface area contributed by atoms with Crippen molar-refractivity contribution in [2.24, 2.45) is 0 Å². The Morgan fingerprint density at radius 1 is 1.00 bits per heavy atom. The summed E-state index contributed by atoms with van der Waals surface area (Å²) in [5.41, 5.74) is 0. The van der Waals surface area contributed by atoms with Gasteiger partial charge in [0.1, 0.15) is 0 Å². The van der Waals surface area contributed by atoms with Crippen molar-refractivity contribution in [1.29, 1.82) is 0 Å². The van der Waals surface area contributed by atoms with E-state index in [0.717, 1.165) is 6.54 Å². The molecule has 0 saturated carbocycles. The molecule has 0 aliphatic carbocycles. The Balaban J connectivity index is 2.03. The summed E-state index contributed by atoms with van der Waals surface area (Å²) < 4.78 is 0. The van der Waals surface area contributed by atoms with Gasteiger partial charge in [0.2, 0.25) is 0 Å². The van der Waals surface area contributed by atoms with Gasteiger partial charge in [0.15, 0.2) is 0 Å². The molecule has 0 amide bonds. The molecular formula is C16H34N2. The van der Waals surface area contributed by atoms with Crippen LogP contribution in [0.15, 0.2) is 0 Å². The number of hydrogen-bond acceptors (Lipinski definition) is 2. The molecule has 0 aromatic heterocycles. The molecule has 0 spiro atoms. The van der Waals surface area contributed by atoms with Crippen molar-refractivity contribution in [1.82, 2.24) is 10.2 Å². The van der Waals surface area contributed by atoms with Crippen molar-refractivity contribution < 1.29 is 0 Å². The largest absolute Gasteiger partial charge is 0.313 e. The fourth-order valence-electron chi connectivity index (χ4n) is 2.84. The van der Waals surface area contributed by atoms with Crippen molar-refractivity contribution in [2.75, 3.05) is 19.6 Å². The van der Waals surface area contributed by atoms with Gasteiger partial charge in [0, 0.05) is 18.6 Å². The molecule has 108 valence electrons. The summed E-state index contributed by atoms with van der Waals surface area (Å²) in [5.74, 6) is 0. The molecule has 18 heavy (non-hydrogen) atoms. The van der Waals surface area contributed by atoms with Crippen LogP contribution in [0.5, 0.6) is 0 Å². The van der Waals surface area contributed by atoms with Gasteiger partial charge in [0.05, 0.1) is 0 Å². The second-order valence-corrected chi connectivity index (χ2v) is 6.10. The molecule has 0 bridgehead atoms. The molecule has 2 unspecified atom stereocenters. The highest BCUT2D eigenvalue weighted by Gasteiger charge is 2.16. The van der Waals surface area contributed by atoms with E-state index in [2.05, 4.69) is 31.0 Å². The SMILES string of the molecule is CCCCCCC(C)NCC(C)N1CCCCC1. The summed E-state index contributed by atoms with van der Waals surface area (Å²) in [4.78, 5) is 2.65. The first-order chi connectivity index (χ1) is 8.74. The smallest absolute Gasteiger partial charge is 0.0192 e. The first kappa shape index (κ1) is 16.0. The Morgan fingerprint density at radius 2 is 1.72 bits per heavy atom. The summed E-state index contributed by atoms with van der Waals surface area (Å²) in [6.07, 6.45) is 11.1. The van der Waals surface area contributed by atoms with Crippen LogP contribution in [0.2, 0.25) is 0 Å². The first-order valence-electron chi connectivity index (χ1n) is 8.21. The standard InChI is InChI=1S/C16H34N2/c1-4-5-6-8-11-15(2)17-14-16(3)18-12-9-7-10-13-18/h15-17H,4-14H2,1-3H3. The molecule has 2 heteroatoms. The molecule has 1 fully saturated rings. The average molecular weight is 254 g/mol. The van der Waals surface area contributed by atoms with Gasteiger partial charge in [-0.2, -0.15) is 0 Å². The maximum atomic E-state index is 3.71. The molecule has 1 saturated heterocycles. The topological polar surface area (TPSA) is 15.3 Å². The maximum Gasteiger partial charge on any atom is 0.0192 e. The minimum atomic E-state index is 0.689. The lowest BCUT2D eigenvalue weighted by atomic mass is 10.1. The van der Waals surface area contributed by atoms with Crippen LogP contribution in [0, 0.1) is 0 Å². The highest BCUT2D eigenvalue weighted by atomic mass is 15.2. The fraction of sp³-hybridized carbons (Fsp3) is 1.00. The second-order valence-electron chi connectivity index (χ2n) is 6.10. The van der Waals surface area contributed by atoms with Crippen LogP contribution in [0.1, 0.15) is 72.1 Å². The van der Waals surface area contributed by atoms with Crippen molar-refractivity contribution in [3.8, 4) is 0 Å². The van der Waals surface area contributed by atoms with Crippen molar-refractivity contribution in [3.63, 3.8) is 0 Å². The molecule has 1 aliphatic heterocycles. The normalized spacial score (nSPS) is 20.8. The van der Waals surface area contributed by atoms with Gasteiger partial charge in [-0.15, -0.1) is 0 Å². The number of unbranched alkanes of at least 4 members (excludes halogenated alkanes) is 3. The zero-order valence-corrected chi connectivity index (χ0v) is 12.9. The van der Waals surface area contributed by atoms with Crippen molar-refractivity contribution >= 4 is 0 Å². The van der Waals surface area contributed by atoms with E-state index in [1.54, 1.807) is 0 Å². The number of hydrogen-bond donors (Lipinski definition) is 1. The van der Waals surface area contributed by atoms with Gasteiger partial charge in [-0.1, -0.05) is 39.0 Å². The Labute approximate surface area is 115 Å². The van der Waals surface area contributed by atoms with E-state index in [4.69, 9.17) is 0 Å². The summed E-state index contributed by atoms with van der Waals surface area (Å²) in [6, 6.07) is 1.40. The minimum Gasteiger partial charge on any atom is -0.313 e. The van der Waals surface area contributed by atoms with E-state index in [9.17, 15) is 0 Å². The molecule has 1 rings (SSSR count). The van der Waals surface area contributed by atoms with Crippen LogP contribution in [0.3, 0.4) is 0 Å². The average Bonchev–Trinajstić information content (AvgIpc) is 2.42. The maximum absolute atomic E-state index is 3.71. The number of piperidine rings is 1. The predicted molar refractivity (Wildman–Crippen MR) is 81.1 cm³/mol. The third kappa shape index (κ3) is 6.75. The highest BCUT2D eigenvalue weighted by molar-refractivity contribution is 4.74. The zero-order valence-electron chi connectivity index (χ0n) is 12.9. The lowest BCUT2D eigenvalue weighted by Crippen LogP contribution is -2.44. The molecular weight excluding hydrogens is 220 g/mol. The monoisotopic (exact) mass is 254 g/mol. The van der Waals surface area contributed by atoms with Gasteiger partial charge in [-0.25, -0.2) is 0 Å². The summed E-state index contributed by atoms with van der Waals surface area (Å²) in [5, 5.41) is 3.71.